The predicted octanol–water partition coefficient (Wildman–Crippen LogP) is 4.13. The largest absolute Gasteiger partial charge is 0.313 e. The predicted molar refractivity (Wildman–Crippen MR) is 92.1 cm³/mol. The van der Waals surface area contributed by atoms with E-state index in [4.69, 9.17) is 11.6 Å². The Balaban J connectivity index is 1.90. The fraction of sp³-hybridized carbons (Fsp3) is 0.667. The van der Waals surface area contributed by atoms with E-state index in [-0.39, 0.29) is 0 Å². The van der Waals surface area contributed by atoms with Gasteiger partial charge in [0.05, 0.1) is 0 Å². The van der Waals surface area contributed by atoms with Crippen molar-refractivity contribution >= 4 is 11.6 Å². The fourth-order valence-electron chi connectivity index (χ4n) is 3.23. The van der Waals surface area contributed by atoms with Gasteiger partial charge in [-0.1, -0.05) is 37.1 Å². The second-order valence-electron chi connectivity index (χ2n) is 6.32. The quantitative estimate of drug-likeness (QED) is 0.815. The van der Waals surface area contributed by atoms with Gasteiger partial charge in [-0.3, -0.25) is 4.90 Å². The molecular formula is C18H29ClN2. The molecule has 1 heterocycles. The average molecular weight is 309 g/mol. The monoisotopic (exact) mass is 308 g/mol. The SMILES string of the molecule is CCCN(CC1CCCCN1)C(C)Cc1ccc(Cl)cc1. The summed E-state index contributed by atoms with van der Waals surface area (Å²) < 4.78 is 0. The number of rotatable bonds is 7. The van der Waals surface area contributed by atoms with Crippen molar-refractivity contribution in [2.45, 2.75) is 58.0 Å². The molecule has 1 aliphatic rings. The Labute approximate surface area is 134 Å². The maximum atomic E-state index is 5.97. The van der Waals surface area contributed by atoms with Gasteiger partial charge in [-0.2, -0.15) is 0 Å². The first kappa shape index (κ1) is 16.8. The minimum absolute atomic E-state index is 0.579. The zero-order valence-corrected chi connectivity index (χ0v) is 14.2. The molecule has 2 nitrogen and oxygen atoms in total. The number of benzene rings is 1. The zero-order chi connectivity index (χ0) is 15.1. The minimum atomic E-state index is 0.579. The van der Waals surface area contributed by atoms with Crippen molar-refractivity contribution in [3.05, 3.63) is 34.9 Å². The van der Waals surface area contributed by atoms with Crippen LogP contribution in [-0.4, -0.2) is 36.6 Å². The van der Waals surface area contributed by atoms with Gasteiger partial charge in [0.25, 0.3) is 0 Å². The van der Waals surface area contributed by atoms with Crippen LogP contribution in [0.2, 0.25) is 5.02 Å². The van der Waals surface area contributed by atoms with Crippen molar-refractivity contribution in [3.63, 3.8) is 0 Å². The Bertz CT molecular complexity index is 398. The van der Waals surface area contributed by atoms with E-state index in [2.05, 4.69) is 36.2 Å². The molecule has 3 heteroatoms. The summed E-state index contributed by atoms with van der Waals surface area (Å²) in [6, 6.07) is 9.56. The van der Waals surface area contributed by atoms with Gasteiger partial charge < -0.3 is 5.32 Å². The highest BCUT2D eigenvalue weighted by Crippen LogP contribution is 2.15. The van der Waals surface area contributed by atoms with E-state index in [0.29, 0.717) is 12.1 Å². The molecule has 1 aromatic rings. The molecule has 0 amide bonds. The highest BCUT2D eigenvalue weighted by molar-refractivity contribution is 6.30. The molecular weight excluding hydrogens is 280 g/mol. The Hall–Kier alpha value is -0.570. The van der Waals surface area contributed by atoms with Crippen molar-refractivity contribution in [2.75, 3.05) is 19.6 Å². The summed E-state index contributed by atoms with van der Waals surface area (Å²) in [5, 5.41) is 4.50. The lowest BCUT2D eigenvalue weighted by Gasteiger charge is -2.34. The van der Waals surface area contributed by atoms with Crippen LogP contribution in [0.5, 0.6) is 0 Å². The molecule has 1 saturated heterocycles. The molecule has 1 aliphatic heterocycles. The number of hydrogen-bond donors (Lipinski definition) is 1. The van der Waals surface area contributed by atoms with Crippen molar-refractivity contribution in [2.24, 2.45) is 0 Å². The molecule has 0 spiro atoms. The van der Waals surface area contributed by atoms with Crippen molar-refractivity contribution in [1.29, 1.82) is 0 Å². The van der Waals surface area contributed by atoms with Gasteiger partial charge in [0, 0.05) is 23.7 Å². The van der Waals surface area contributed by atoms with Gasteiger partial charge in [0.15, 0.2) is 0 Å². The summed E-state index contributed by atoms with van der Waals surface area (Å²) in [7, 11) is 0. The number of nitrogens with one attached hydrogen (secondary N) is 1. The smallest absolute Gasteiger partial charge is 0.0406 e. The molecule has 118 valence electrons. The molecule has 2 unspecified atom stereocenters. The number of piperidine rings is 1. The van der Waals surface area contributed by atoms with E-state index >= 15 is 0 Å². The van der Waals surface area contributed by atoms with E-state index in [1.165, 1.54) is 50.9 Å². The average Bonchev–Trinajstić information content (AvgIpc) is 2.50. The standard InChI is InChI=1S/C18H29ClN2/c1-3-12-21(14-18-6-4-5-11-20-18)15(2)13-16-7-9-17(19)10-8-16/h7-10,15,18,20H,3-6,11-14H2,1-2H3. The van der Waals surface area contributed by atoms with Gasteiger partial charge in [0.2, 0.25) is 0 Å². The van der Waals surface area contributed by atoms with Gasteiger partial charge in [-0.25, -0.2) is 0 Å². The van der Waals surface area contributed by atoms with E-state index in [1.54, 1.807) is 0 Å². The topological polar surface area (TPSA) is 15.3 Å². The first-order chi connectivity index (χ1) is 10.2. The molecule has 1 fully saturated rings. The number of hydrogen-bond acceptors (Lipinski definition) is 2. The summed E-state index contributed by atoms with van der Waals surface area (Å²) >= 11 is 5.97. The molecule has 0 saturated carbocycles. The maximum Gasteiger partial charge on any atom is 0.0406 e. The van der Waals surface area contributed by atoms with Crippen LogP contribution in [0, 0.1) is 0 Å². The first-order valence-electron chi connectivity index (χ1n) is 8.41. The summed E-state index contributed by atoms with van der Waals surface area (Å²) in [6.45, 7) is 8.19. The van der Waals surface area contributed by atoms with Crippen LogP contribution in [0.3, 0.4) is 0 Å². The third-order valence-electron chi connectivity index (χ3n) is 4.45. The van der Waals surface area contributed by atoms with Crippen molar-refractivity contribution in [1.82, 2.24) is 10.2 Å². The van der Waals surface area contributed by atoms with Crippen LogP contribution in [0.25, 0.3) is 0 Å². The molecule has 1 N–H and O–H groups in total. The van der Waals surface area contributed by atoms with Crippen molar-refractivity contribution < 1.29 is 0 Å². The first-order valence-corrected chi connectivity index (χ1v) is 8.78. The Morgan fingerprint density at radius 1 is 1.29 bits per heavy atom. The van der Waals surface area contributed by atoms with Crippen LogP contribution in [0.1, 0.15) is 45.1 Å². The van der Waals surface area contributed by atoms with Gasteiger partial charge in [-0.05, 0) is 63.4 Å². The van der Waals surface area contributed by atoms with Crippen LogP contribution in [-0.2, 0) is 6.42 Å². The highest BCUT2D eigenvalue weighted by Gasteiger charge is 2.20. The molecule has 21 heavy (non-hydrogen) atoms. The Morgan fingerprint density at radius 3 is 2.67 bits per heavy atom. The van der Waals surface area contributed by atoms with E-state index in [9.17, 15) is 0 Å². The van der Waals surface area contributed by atoms with Crippen LogP contribution < -0.4 is 5.32 Å². The molecule has 0 radical (unpaired) electrons. The van der Waals surface area contributed by atoms with E-state index < -0.39 is 0 Å². The van der Waals surface area contributed by atoms with Gasteiger partial charge in [0.1, 0.15) is 0 Å². The lowest BCUT2D eigenvalue weighted by molar-refractivity contribution is 0.174. The van der Waals surface area contributed by atoms with E-state index in [1.807, 2.05) is 12.1 Å². The fourth-order valence-corrected chi connectivity index (χ4v) is 3.36. The number of nitrogens with zero attached hydrogens (tertiary/aromatic N) is 1. The second kappa shape index (κ2) is 8.77. The minimum Gasteiger partial charge on any atom is -0.313 e. The normalized spacial score (nSPS) is 20.7. The third-order valence-corrected chi connectivity index (χ3v) is 4.70. The number of halogens is 1. The Morgan fingerprint density at radius 2 is 2.05 bits per heavy atom. The van der Waals surface area contributed by atoms with Gasteiger partial charge in [-0.15, -0.1) is 0 Å². The summed E-state index contributed by atoms with van der Waals surface area (Å²) in [5.41, 5.74) is 1.38. The van der Waals surface area contributed by atoms with Crippen LogP contribution in [0.4, 0.5) is 0 Å². The molecule has 2 rings (SSSR count). The highest BCUT2D eigenvalue weighted by atomic mass is 35.5. The second-order valence-corrected chi connectivity index (χ2v) is 6.76. The van der Waals surface area contributed by atoms with Crippen LogP contribution in [0.15, 0.2) is 24.3 Å². The van der Waals surface area contributed by atoms with E-state index in [0.717, 1.165) is 11.4 Å². The molecule has 0 aromatic heterocycles. The lowest BCUT2D eigenvalue weighted by atomic mass is 10.0. The summed E-state index contributed by atoms with van der Waals surface area (Å²) in [4.78, 5) is 2.65. The molecule has 0 bridgehead atoms. The molecule has 1 aromatic carbocycles. The summed E-state index contributed by atoms with van der Waals surface area (Å²) in [6.07, 6.45) is 6.36. The van der Waals surface area contributed by atoms with Crippen molar-refractivity contribution in [3.8, 4) is 0 Å². The molecule has 0 aliphatic carbocycles. The maximum absolute atomic E-state index is 5.97. The van der Waals surface area contributed by atoms with Gasteiger partial charge >= 0.3 is 0 Å². The van der Waals surface area contributed by atoms with Crippen LogP contribution >= 0.6 is 11.6 Å². The Kier molecular flexibility index (Phi) is 7.01. The third kappa shape index (κ3) is 5.61. The zero-order valence-electron chi connectivity index (χ0n) is 13.4. The molecule has 2 atom stereocenters. The lowest BCUT2D eigenvalue weighted by Crippen LogP contribution is -2.47. The summed E-state index contributed by atoms with van der Waals surface area (Å²) in [5.74, 6) is 0.